The third kappa shape index (κ3) is 2.74. The van der Waals surface area contributed by atoms with Crippen LogP contribution in [0.2, 0.25) is 0 Å². The number of benzene rings is 1. The number of rotatable bonds is 3. The zero-order valence-corrected chi connectivity index (χ0v) is 13.4. The van der Waals surface area contributed by atoms with Crippen molar-refractivity contribution in [1.82, 2.24) is 5.32 Å². The van der Waals surface area contributed by atoms with E-state index >= 15 is 0 Å². The Morgan fingerprint density at radius 3 is 2.76 bits per heavy atom. The highest BCUT2D eigenvalue weighted by atomic mass is 32.1. The highest BCUT2D eigenvalue weighted by Crippen LogP contribution is 2.35. The number of hydrogen-bond donors (Lipinski definition) is 1. The van der Waals surface area contributed by atoms with Gasteiger partial charge in [-0.25, -0.2) is 0 Å². The molecule has 0 bridgehead atoms. The molecule has 21 heavy (non-hydrogen) atoms. The minimum atomic E-state index is 0.0855. The van der Waals surface area contributed by atoms with Crippen LogP contribution in [0.1, 0.15) is 40.7 Å². The van der Waals surface area contributed by atoms with Crippen molar-refractivity contribution in [1.29, 1.82) is 0 Å². The van der Waals surface area contributed by atoms with E-state index in [4.69, 9.17) is 0 Å². The summed E-state index contributed by atoms with van der Waals surface area (Å²) in [7, 11) is 1.85. The summed E-state index contributed by atoms with van der Waals surface area (Å²) in [6.07, 6.45) is 0.516. The smallest absolute Gasteiger partial charge is 0.228 e. The SMILES string of the molecule is Cc1ccc(C(C)NC2CC(=O)N(C)c3ccccc32)s1. The molecular formula is C17H20N2OS. The first-order chi connectivity index (χ1) is 10.1. The van der Waals surface area contributed by atoms with Crippen LogP contribution in [0.25, 0.3) is 0 Å². The largest absolute Gasteiger partial charge is 0.315 e. The zero-order chi connectivity index (χ0) is 15.0. The molecule has 3 rings (SSSR count). The molecule has 0 saturated carbocycles. The molecule has 0 saturated heterocycles. The van der Waals surface area contributed by atoms with Crippen LogP contribution >= 0.6 is 11.3 Å². The predicted molar refractivity (Wildman–Crippen MR) is 87.8 cm³/mol. The molecule has 1 aromatic heterocycles. The molecule has 0 aliphatic carbocycles. The van der Waals surface area contributed by atoms with E-state index in [1.165, 1.54) is 15.3 Å². The lowest BCUT2D eigenvalue weighted by Crippen LogP contribution is -2.38. The van der Waals surface area contributed by atoms with Crippen LogP contribution in [0.15, 0.2) is 36.4 Å². The summed E-state index contributed by atoms with van der Waals surface area (Å²) >= 11 is 1.81. The fourth-order valence-corrected chi connectivity index (χ4v) is 3.75. The summed E-state index contributed by atoms with van der Waals surface area (Å²) in [6, 6.07) is 12.8. The van der Waals surface area contributed by atoms with Crippen molar-refractivity contribution < 1.29 is 4.79 Å². The number of amides is 1. The van der Waals surface area contributed by atoms with Crippen molar-refractivity contribution >= 4 is 22.9 Å². The molecule has 1 N–H and O–H groups in total. The van der Waals surface area contributed by atoms with Crippen LogP contribution in [-0.4, -0.2) is 13.0 Å². The highest BCUT2D eigenvalue weighted by Gasteiger charge is 2.29. The van der Waals surface area contributed by atoms with E-state index in [0.29, 0.717) is 6.42 Å². The second kappa shape index (κ2) is 5.62. The van der Waals surface area contributed by atoms with Gasteiger partial charge in [0.05, 0.1) is 0 Å². The molecule has 1 aromatic carbocycles. The van der Waals surface area contributed by atoms with E-state index in [1.807, 2.05) is 36.6 Å². The Labute approximate surface area is 129 Å². The number of carbonyl (C=O) groups excluding carboxylic acids is 1. The fraction of sp³-hybridized carbons (Fsp3) is 0.353. The van der Waals surface area contributed by atoms with Crippen LogP contribution in [-0.2, 0) is 4.79 Å². The standard InChI is InChI=1S/C17H20N2OS/c1-11-8-9-16(21-11)12(2)18-14-10-17(20)19(3)15-7-5-4-6-13(14)15/h4-9,12,14,18H,10H2,1-3H3. The lowest BCUT2D eigenvalue weighted by molar-refractivity contribution is -0.119. The molecule has 1 aliphatic rings. The summed E-state index contributed by atoms with van der Waals surface area (Å²) < 4.78 is 0. The van der Waals surface area contributed by atoms with E-state index in [-0.39, 0.29) is 18.0 Å². The number of fused-ring (bicyclic) bond motifs is 1. The molecule has 2 unspecified atom stereocenters. The summed E-state index contributed by atoms with van der Waals surface area (Å²) in [4.78, 5) is 16.6. The third-order valence-corrected chi connectivity index (χ3v) is 5.25. The number of aryl methyl sites for hydroxylation is 1. The van der Waals surface area contributed by atoms with Gasteiger partial charge in [-0.1, -0.05) is 18.2 Å². The number of nitrogens with zero attached hydrogens (tertiary/aromatic N) is 1. The number of hydrogen-bond acceptors (Lipinski definition) is 3. The Hall–Kier alpha value is -1.65. The molecule has 0 radical (unpaired) electrons. The molecule has 3 nitrogen and oxygen atoms in total. The van der Waals surface area contributed by atoms with Crippen molar-refractivity contribution in [3.63, 3.8) is 0 Å². The van der Waals surface area contributed by atoms with E-state index in [0.717, 1.165) is 5.69 Å². The van der Waals surface area contributed by atoms with Gasteiger partial charge >= 0.3 is 0 Å². The van der Waals surface area contributed by atoms with Crippen molar-refractivity contribution in [2.45, 2.75) is 32.4 Å². The minimum absolute atomic E-state index is 0.0855. The minimum Gasteiger partial charge on any atom is -0.315 e. The molecule has 0 spiro atoms. The van der Waals surface area contributed by atoms with Crippen molar-refractivity contribution in [2.24, 2.45) is 0 Å². The maximum atomic E-state index is 12.2. The Balaban J connectivity index is 1.86. The Morgan fingerprint density at radius 2 is 2.05 bits per heavy atom. The summed E-state index contributed by atoms with van der Waals surface area (Å²) in [5.74, 6) is 0.167. The van der Waals surface area contributed by atoms with Crippen molar-refractivity contribution in [2.75, 3.05) is 11.9 Å². The number of nitrogens with one attached hydrogen (secondary N) is 1. The first kappa shape index (κ1) is 14.3. The van der Waals surface area contributed by atoms with Gasteiger partial charge in [0.2, 0.25) is 5.91 Å². The van der Waals surface area contributed by atoms with Gasteiger partial charge in [-0.05, 0) is 37.6 Å². The van der Waals surface area contributed by atoms with Gasteiger partial charge < -0.3 is 10.2 Å². The molecule has 0 fully saturated rings. The molecule has 2 aromatic rings. The van der Waals surface area contributed by atoms with Gasteiger partial charge in [0.25, 0.3) is 0 Å². The van der Waals surface area contributed by atoms with Crippen LogP contribution in [0.3, 0.4) is 0 Å². The van der Waals surface area contributed by atoms with Gasteiger partial charge in [-0.15, -0.1) is 11.3 Å². The van der Waals surface area contributed by atoms with Crippen molar-refractivity contribution in [3.8, 4) is 0 Å². The molecule has 1 amide bonds. The Kier molecular flexibility index (Phi) is 3.83. The van der Waals surface area contributed by atoms with Crippen molar-refractivity contribution in [3.05, 3.63) is 51.7 Å². The zero-order valence-electron chi connectivity index (χ0n) is 12.6. The molecule has 110 valence electrons. The van der Waals surface area contributed by atoms with Crippen LogP contribution in [0.5, 0.6) is 0 Å². The molecule has 1 aliphatic heterocycles. The number of para-hydroxylation sites is 1. The van der Waals surface area contributed by atoms with Gasteiger partial charge in [0.15, 0.2) is 0 Å². The van der Waals surface area contributed by atoms with E-state index in [9.17, 15) is 4.79 Å². The fourth-order valence-electron chi connectivity index (χ4n) is 2.86. The van der Waals surface area contributed by atoms with E-state index in [2.05, 4.69) is 37.4 Å². The van der Waals surface area contributed by atoms with E-state index in [1.54, 1.807) is 4.90 Å². The molecule has 4 heteroatoms. The summed E-state index contributed by atoms with van der Waals surface area (Å²) in [5, 5.41) is 3.62. The first-order valence-corrected chi connectivity index (χ1v) is 8.06. The quantitative estimate of drug-likeness (QED) is 0.934. The maximum Gasteiger partial charge on any atom is 0.228 e. The highest BCUT2D eigenvalue weighted by molar-refractivity contribution is 7.12. The van der Waals surface area contributed by atoms with Crippen LogP contribution in [0.4, 0.5) is 5.69 Å². The second-order valence-corrected chi connectivity index (χ2v) is 6.92. The maximum absolute atomic E-state index is 12.2. The number of thiophene rings is 1. The molecular weight excluding hydrogens is 280 g/mol. The monoisotopic (exact) mass is 300 g/mol. The van der Waals surface area contributed by atoms with E-state index < -0.39 is 0 Å². The molecule has 2 heterocycles. The summed E-state index contributed by atoms with van der Waals surface area (Å²) in [6.45, 7) is 4.28. The third-order valence-electron chi connectivity index (χ3n) is 4.07. The first-order valence-electron chi connectivity index (χ1n) is 7.24. The molecule has 2 atom stereocenters. The average molecular weight is 300 g/mol. The van der Waals surface area contributed by atoms with Gasteiger partial charge in [0.1, 0.15) is 0 Å². The van der Waals surface area contributed by atoms with Crippen LogP contribution in [0, 0.1) is 6.92 Å². The average Bonchev–Trinajstić information content (AvgIpc) is 2.91. The second-order valence-electron chi connectivity index (χ2n) is 5.61. The van der Waals surface area contributed by atoms with Gasteiger partial charge in [-0.2, -0.15) is 0 Å². The number of carbonyl (C=O) groups is 1. The van der Waals surface area contributed by atoms with Gasteiger partial charge in [0, 0.05) is 41.0 Å². The lowest BCUT2D eigenvalue weighted by Gasteiger charge is -2.33. The topological polar surface area (TPSA) is 32.3 Å². The Morgan fingerprint density at radius 1 is 1.29 bits per heavy atom. The predicted octanol–water partition coefficient (Wildman–Crippen LogP) is 3.81. The summed E-state index contributed by atoms with van der Waals surface area (Å²) in [5.41, 5.74) is 2.22. The normalized spacial score (nSPS) is 19.5. The number of anilines is 1. The van der Waals surface area contributed by atoms with Gasteiger partial charge in [-0.3, -0.25) is 4.79 Å². The lowest BCUT2D eigenvalue weighted by atomic mass is 9.95. The van der Waals surface area contributed by atoms with Crippen LogP contribution < -0.4 is 10.2 Å². The Bertz CT molecular complexity index is 664.